The summed E-state index contributed by atoms with van der Waals surface area (Å²) in [6.07, 6.45) is 5.22. The number of amides is 2. The van der Waals surface area contributed by atoms with Crippen molar-refractivity contribution in [3.8, 4) is 0 Å². The van der Waals surface area contributed by atoms with E-state index in [1.165, 1.54) is 10.9 Å². The molecular formula is C13H16N6O2S. The summed E-state index contributed by atoms with van der Waals surface area (Å²) in [4.78, 5) is 29.5. The molecular weight excluding hydrogens is 304 g/mol. The van der Waals surface area contributed by atoms with Gasteiger partial charge in [-0.2, -0.15) is 0 Å². The van der Waals surface area contributed by atoms with E-state index in [4.69, 9.17) is 5.73 Å². The van der Waals surface area contributed by atoms with Gasteiger partial charge in [-0.15, -0.1) is 16.4 Å². The predicted molar refractivity (Wildman–Crippen MR) is 79.2 cm³/mol. The lowest BCUT2D eigenvalue weighted by Gasteiger charge is -2.31. The highest BCUT2D eigenvalue weighted by Crippen LogP contribution is 2.28. The molecule has 0 aliphatic carbocycles. The third-order valence-corrected chi connectivity index (χ3v) is 4.52. The molecule has 2 N–H and O–H groups in total. The first-order valence-corrected chi connectivity index (χ1v) is 7.88. The van der Waals surface area contributed by atoms with Crippen LogP contribution in [0.2, 0.25) is 0 Å². The number of carbonyl (C=O) groups is 2. The van der Waals surface area contributed by atoms with Crippen molar-refractivity contribution in [2.24, 2.45) is 5.73 Å². The number of thiazole rings is 1. The fourth-order valence-corrected chi connectivity index (χ4v) is 3.36. The molecule has 116 valence electrons. The fraction of sp³-hybridized carbons (Fsp3) is 0.462. The van der Waals surface area contributed by atoms with Gasteiger partial charge in [0.2, 0.25) is 5.91 Å². The van der Waals surface area contributed by atoms with Gasteiger partial charge in [0, 0.05) is 30.6 Å². The molecule has 0 aromatic carbocycles. The molecule has 0 saturated carbocycles. The van der Waals surface area contributed by atoms with E-state index in [9.17, 15) is 9.59 Å². The second-order valence-electron chi connectivity index (χ2n) is 5.23. The number of hydrogen-bond acceptors (Lipinski definition) is 6. The summed E-state index contributed by atoms with van der Waals surface area (Å²) in [7, 11) is 0. The van der Waals surface area contributed by atoms with Gasteiger partial charge < -0.3 is 10.6 Å². The summed E-state index contributed by atoms with van der Waals surface area (Å²) in [5.74, 6) is -0.416. The average molecular weight is 320 g/mol. The molecule has 2 aromatic heterocycles. The number of piperidine rings is 1. The van der Waals surface area contributed by atoms with E-state index in [1.807, 2.05) is 5.38 Å². The van der Waals surface area contributed by atoms with Crippen LogP contribution in [0.1, 0.15) is 34.3 Å². The first-order chi connectivity index (χ1) is 10.6. The van der Waals surface area contributed by atoms with Gasteiger partial charge in [-0.3, -0.25) is 9.59 Å². The molecule has 3 rings (SSSR count). The van der Waals surface area contributed by atoms with Crippen LogP contribution in [0.25, 0.3) is 0 Å². The Kier molecular flexibility index (Phi) is 4.14. The third-order valence-electron chi connectivity index (χ3n) is 3.58. The van der Waals surface area contributed by atoms with Crippen molar-refractivity contribution < 1.29 is 9.59 Å². The molecule has 8 nitrogen and oxygen atoms in total. The first kappa shape index (κ1) is 14.6. The molecule has 0 unspecified atom stereocenters. The lowest BCUT2D eigenvalue weighted by molar-refractivity contribution is -0.118. The summed E-state index contributed by atoms with van der Waals surface area (Å²) in [5.41, 5.74) is 5.33. The summed E-state index contributed by atoms with van der Waals surface area (Å²) in [5, 5.41) is 10.6. The molecule has 0 radical (unpaired) electrons. The van der Waals surface area contributed by atoms with Gasteiger partial charge in [-0.25, -0.2) is 9.67 Å². The van der Waals surface area contributed by atoms with Crippen molar-refractivity contribution in [3.05, 3.63) is 28.5 Å². The highest BCUT2D eigenvalue weighted by Gasteiger charge is 2.28. The average Bonchev–Trinajstić information content (AvgIpc) is 3.17. The summed E-state index contributed by atoms with van der Waals surface area (Å²) >= 11 is 1.62. The van der Waals surface area contributed by atoms with Crippen LogP contribution in [-0.4, -0.2) is 49.8 Å². The van der Waals surface area contributed by atoms with Crippen LogP contribution in [-0.2, 0) is 11.3 Å². The standard InChI is InChI=1S/C13H16N6O2S/c14-11(20)8-19-7-10(16-17-19)13(21)18-4-1-2-9(6-18)12-15-3-5-22-12/h3,5,7,9H,1-2,4,6,8H2,(H2,14,20)/t9-/m0/s1. The van der Waals surface area contributed by atoms with Gasteiger partial charge in [0.05, 0.1) is 11.2 Å². The maximum atomic E-state index is 12.5. The Bertz CT molecular complexity index is 668. The molecule has 9 heteroatoms. The van der Waals surface area contributed by atoms with E-state index in [1.54, 1.807) is 22.4 Å². The number of nitrogens with zero attached hydrogens (tertiary/aromatic N) is 5. The van der Waals surface area contributed by atoms with Gasteiger partial charge in [0.1, 0.15) is 6.54 Å². The normalized spacial score (nSPS) is 18.4. The van der Waals surface area contributed by atoms with Gasteiger partial charge in [-0.05, 0) is 12.8 Å². The van der Waals surface area contributed by atoms with Gasteiger partial charge in [0.15, 0.2) is 5.69 Å². The van der Waals surface area contributed by atoms with Crippen LogP contribution < -0.4 is 5.73 Å². The Balaban J connectivity index is 1.69. The highest BCUT2D eigenvalue weighted by molar-refractivity contribution is 7.09. The number of aromatic nitrogens is 4. The minimum absolute atomic E-state index is 0.0813. The Morgan fingerprint density at radius 3 is 3.05 bits per heavy atom. The van der Waals surface area contributed by atoms with E-state index in [-0.39, 0.29) is 24.1 Å². The maximum Gasteiger partial charge on any atom is 0.276 e. The minimum atomic E-state index is -0.522. The lowest BCUT2D eigenvalue weighted by Crippen LogP contribution is -2.39. The Hall–Kier alpha value is -2.29. The Morgan fingerprint density at radius 2 is 2.32 bits per heavy atom. The van der Waals surface area contributed by atoms with Crippen LogP contribution in [0, 0.1) is 0 Å². The van der Waals surface area contributed by atoms with Crippen LogP contribution in [0.5, 0.6) is 0 Å². The van der Waals surface area contributed by atoms with Crippen molar-refractivity contribution in [1.29, 1.82) is 0 Å². The zero-order valence-electron chi connectivity index (χ0n) is 11.9. The molecule has 0 bridgehead atoms. The number of hydrogen-bond donors (Lipinski definition) is 1. The SMILES string of the molecule is NC(=O)Cn1cc(C(=O)N2CCC[C@H](c3nccs3)C2)nn1. The third kappa shape index (κ3) is 3.14. The van der Waals surface area contributed by atoms with Crippen molar-refractivity contribution in [2.75, 3.05) is 13.1 Å². The van der Waals surface area contributed by atoms with Crippen LogP contribution in [0.3, 0.4) is 0 Å². The molecule has 1 fully saturated rings. The van der Waals surface area contributed by atoms with Crippen LogP contribution in [0.15, 0.2) is 17.8 Å². The molecule has 1 atom stereocenters. The highest BCUT2D eigenvalue weighted by atomic mass is 32.1. The van der Waals surface area contributed by atoms with Crippen LogP contribution in [0.4, 0.5) is 0 Å². The lowest BCUT2D eigenvalue weighted by atomic mass is 9.98. The van der Waals surface area contributed by atoms with Crippen molar-refractivity contribution in [2.45, 2.75) is 25.3 Å². The fourth-order valence-electron chi connectivity index (χ4n) is 2.59. The van der Waals surface area contributed by atoms with E-state index in [0.29, 0.717) is 13.1 Å². The Labute approximate surface area is 130 Å². The summed E-state index contributed by atoms with van der Waals surface area (Å²) in [6.45, 7) is 1.25. The Morgan fingerprint density at radius 1 is 1.45 bits per heavy atom. The largest absolute Gasteiger partial charge is 0.368 e. The smallest absolute Gasteiger partial charge is 0.276 e. The van der Waals surface area contributed by atoms with Crippen molar-refractivity contribution >= 4 is 23.2 Å². The summed E-state index contributed by atoms with van der Waals surface area (Å²) < 4.78 is 1.28. The second kappa shape index (κ2) is 6.22. The quantitative estimate of drug-likeness (QED) is 0.868. The zero-order valence-corrected chi connectivity index (χ0v) is 12.7. The van der Waals surface area contributed by atoms with Crippen molar-refractivity contribution in [1.82, 2.24) is 24.9 Å². The molecule has 2 aromatic rings. The number of carbonyl (C=O) groups excluding carboxylic acids is 2. The van der Waals surface area contributed by atoms with E-state index in [0.717, 1.165) is 17.8 Å². The molecule has 1 aliphatic heterocycles. The van der Waals surface area contributed by atoms with E-state index >= 15 is 0 Å². The predicted octanol–water partition coefficient (Wildman–Crippen LogP) is 0.240. The van der Waals surface area contributed by atoms with E-state index in [2.05, 4.69) is 15.3 Å². The van der Waals surface area contributed by atoms with Crippen molar-refractivity contribution in [3.63, 3.8) is 0 Å². The monoisotopic (exact) mass is 320 g/mol. The first-order valence-electron chi connectivity index (χ1n) is 7.00. The molecule has 3 heterocycles. The zero-order chi connectivity index (χ0) is 15.5. The van der Waals surface area contributed by atoms with Gasteiger partial charge in [-0.1, -0.05) is 5.21 Å². The number of likely N-dealkylation sites (tertiary alicyclic amines) is 1. The number of nitrogens with two attached hydrogens (primary N) is 1. The van der Waals surface area contributed by atoms with Crippen LogP contribution >= 0.6 is 11.3 Å². The topological polar surface area (TPSA) is 107 Å². The molecule has 22 heavy (non-hydrogen) atoms. The van der Waals surface area contributed by atoms with Gasteiger partial charge in [0.25, 0.3) is 5.91 Å². The molecule has 0 spiro atoms. The number of rotatable bonds is 4. The maximum absolute atomic E-state index is 12.5. The van der Waals surface area contributed by atoms with E-state index < -0.39 is 5.91 Å². The number of primary amides is 1. The molecule has 1 aliphatic rings. The second-order valence-corrected chi connectivity index (χ2v) is 6.15. The summed E-state index contributed by atoms with van der Waals surface area (Å²) in [6, 6.07) is 0. The molecule has 2 amide bonds. The minimum Gasteiger partial charge on any atom is -0.368 e. The van der Waals surface area contributed by atoms with Gasteiger partial charge >= 0.3 is 0 Å². The molecule has 1 saturated heterocycles.